The van der Waals surface area contributed by atoms with Gasteiger partial charge in [-0.3, -0.25) is 0 Å². The predicted molar refractivity (Wildman–Crippen MR) is 127 cm³/mol. The molecule has 198 valence electrons. The van der Waals surface area contributed by atoms with Crippen molar-refractivity contribution in [2.24, 2.45) is 22.7 Å². The molecule has 36 heavy (non-hydrogen) atoms. The highest BCUT2D eigenvalue weighted by Gasteiger charge is 2.72. The van der Waals surface area contributed by atoms with Gasteiger partial charge in [0.2, 0.25) is 0 Å². The van der Waals surface area contributed by atoms with Crippen LogP contribution in [0.25, 0.3) is 0 Å². The summed E-state index contributed by atoms with van der Waals surface area (Å²) < 4.78 is 36.3. The van der Waals surface area contributed by atoms with Crippen LogP contribution in [-0.2, 0) is 28.4 Å². The molecule has 4 heterocycles. The molecule has 0 aromatic rings. The van der Waals surface area contributed by atoms with Crippen molar-refractivity contribution in [2.45, 2.75) is 95.2 Å². The van der Waals surface area contributed by atoms with Crippen LogP contribution >= 0.6 is 0 Å². The lowest BCUT2D eigenvalue weighted by molar-refractivity contribution is -0.304. The van der Waals surface area contributed by atoms with E-state index in [-0.39, 0.29) is 29.0 Å². The Bertz CT molecular complexity index is 1040. The minimum Gasteiger partial charge on any atom is -0.491 e. The van der Waals surface area contributed by atoms with Crippen molar-refractivity contribution in [1.29, 1.82) is 0 Å². The number of hydrogen-bond acceptors (Lipinski definition) is 8. The van der Waals surface area contributed by atoms with Crippen LogP contribution in [-0.4, -0.2) is 79.2 Å². The fourth-order valence-corrected chi connectivity index (χ4v) is 8.49. The van der Waals surface area contributed by atoms with Crippen LogP contribution in [0.3, 0.4) is 0 Å². The molecule has 0 aromatic carbocycles. The zero-order valence-corrected chi connectivity index (χ0v) is 21.5. The first-order valence-electron chi connectivity index (χ1n) is 13.5. The highest BCUT2D eigenvalue weighted by atomic mass is 16.7. The SMILES string of the molecule is CO[C@@H]1[C@@H](O)[C@H](O[C@@H]2C=C3C=CC4=C5O[C@@H]6CO[C@]7(C)OC[C@@]5(CC[C@@H]4[C@@]3(C)CC2)[C@H]67)O[C@H](C)[C@H]1O. The lowest BCUT2D eigenvalue weighted by atomic mass is 9.54. The number of hydrogen-bond donors (Lipinski definition) is 2. The largest absolute Gasteiger partial charge is 0.491 e. The first-order chi connectivity index (χ1) is 17.2. The molecule has 12 atom stereocenters. The summed E-state index contributed by atoms with van der Waals surface area (Å²) in [4.78, 5) is 0. The van der Waals surface area contributed by atoms with Gasteiger partial charge in [-0.15, -0.1) is 0 Å². The number of fused-ring (bicyclic) bond motifs is 3. The van der Waals surface area contributed by atoms with E-state index in [0.29, 0.717) is 19.1 Å². The maximum atomic E-state index is 10.7. The first kappa shape index (κ1) is 23.8. The molecule has 8 nitrogen and oxygen atoms in total. The predicted octanol–water partition coefficient (Wildman–Crippen LogP) is 2.59. The monoisotopic (exact) mass is 502 g/mol. The van der Waals surface area contributed by atoms with Gasteiger partial charge in [-0.1, -0.05) is 25.2 Å². The third-order valence-corrected chi connectivity index (χ3v) is 10.5. The number of methoxy groups -OCH3 is 1. The highest BCUT2D eigenvalue weighted by Crippen LogP contribution is 2.68. The van der Waals surface area contributed by atoms with Crippen LogP contribution < -0.4 is 0 Å². The van der Waals surface area contributed by atoms with Crippen molar-refractivity contribution in [2.75, 3.05) is 20.3 Å². The van der Waals surface area contributed by atoms with Gasteiger partial charge in [0.1, 0.15) is 30.2 Å². The van der Waals surface area contributed by atoms with Crippen LogP contribution in [0.2, 0.25) is 0 Å². The zero-order chi connectivity index (χ0) is 25.0. The molecular formula is C28H38O8. The lowest BCUT2D eigenvalue weighted by Crippen LogP contribution is -2.58. The molecule has 8 heteroatoms. The Labute approximate surface area is 212 Å². The summed E-state index contributed by atoms with van der Waals surface area (Å²) in [5.74, 6) is 1.30. The third kappa shape index (κ3) is 3.01. The van der Waals surface area contributed by atoms with Gasteiger partial charge in [-0.25, -0.2) is 0 Å². The highest BCUT2D eigenvalue weighted by molar-refractivity contribution is 5.48. The molecule has 4 fully saturated rings. The van der Waals surface area contributed by atoms with E-state index < -0.39 is 36.5 Å². The standard InChI is InChI=1S/C28H38O8/c1-14-20(29)22(31-4)21(30)25(34-14)35-16-7-9-26(2)15(11-16)5-6-17-18(26)8-10-28-13-33-27(3)23(28)19(12-32-27)36-24(17)28/h5-6,11,14,16,18-23,25,29-30H,7-10,12-13H2,1-4H3/t14-,16+,18+,19-,20-,21-,22+,23-,25+,26+,27-,28+/m1/s1. The van der Waals surface area contributed by atoms with Gasteiger partial charge in [0, 0.05) is 7.11 Å². The second-order valence-corrected chi connectivity index (χ2v) is 12.3. The molecule has 4 saturated heterocycles. The minimum absolute atomic E-state index is 0.00344. The Balaban J connectivity index is 1.17. The lowest BCUT2D eigenvalue weighted by Gasteiger charge is -2.50. The molecule has 4 aliphatic heterocycles. The summed E-state index contributed by atoms with van der Waals surface area (Å²) in [6.45, 7) is 7.51. The van der Waals surface area contributed by atoms with Gasteiger partial charge in [0.15, 0.2) is 12.1 Å². The topological polar surface area (TPSA) is 95.8 Å². The number of ether oxygens (including phenoxy) is 6. The molecule has 0 amide bonds. The third-order valence-electron chi connectivity index (χ3n) is 10.5. The minimum atomic E-state index is -1.05. The Morgan fingerprint density at radius 3 is 2.69 bits per heavy atom. The molecule has 2 N–H and O–H groups in total. The average Bonchev–Trinajstić information content (AvgIpc) is 3.48. The number of allylic oxidation sites excluding steroid dienone is 4. The van der Waals surface area contributed by atoms with Crippen molar-refractivity contribution in [3.05, 3.63) is 35.1 Å². The second-order valence-electron chi connectivity index (χ2n) is 12.3. The fourth-order valence-electron chi connectivity index (χ4n) is 8.49. The molecule has 0 saturated carbocycles. The summed E-state index contributed by atoms with van der Waals surface area (Å²) in [5, 5.41) is 21.0. The summed E-state index contributed by atoms with van der Waals surface area (Å²) in [6.07, 6.45) is 6.56. The van der Waals surface area contributed by atoms with E-state index in [4.69, 9.17) is 28.4 Å². The van der Waals surface area contributed by atoms with E-state index >= 15 is 0 Å². The van der Waals surface area contributed by atoms with E-state index in [9.17, 15) is 10.2 Å². The molecule has 3 aliphatic carbocycles. The maximum Gasteiger partial charge on any atom is 0.187 e. The molecule has 7 aliphatic rings. The number of rotatable bonds is 3. The Hall–Kier alpha value is -1.26. The van der Waals surface area contributed by atoms with Gasteiger partial charge in [-0.2, -0.15) is 0 Å². The van der Waals surface area contributed by atoms with E-state index in [1.54, 1.807) is 6.92 Å². The van der Waals surface area contributed by atoms with Crippen LogP contribution in [0.5, 0.6) is 0 Å². The molecule has 0 unspecified atom stereocenters. The van der Waals surface area contributed by atoms with E-state index in [1.165, 1.54) is 18.3 Å². The summed E-state index contributed by atoms with van der Waals surface area (Å²) >= 11 is 0. The Morgan fingerprint density at radius 2 is 1.89 bits per heavy atom. The van der Waals surface area contributed by atoms with Crippen LogP contribution in [0.1, 0.15) is 46.5 Å². The maximum absolute atomic E-state index is 10.7. The van der Waals surface area contributed by atoms with E-state index in [0.717, 1.165) is 31.4 Å². The molecule has 7 rings (SSSR count). The van der Waals surface area contributed by atoms with E-state index in [1.807, 2.05) is 0 Å². The normalized spacial score (nSPS) is 54.9. The quantitative estimate of drug-likeness (QED) is 0.608. The summed E-state index contributed by atoms with van der Waals surface area (Å²) in [7, 11) is 1.49. The van der Waals surface area contributed by atoms with Gasteiger partial charge in [0.05, 0.1) is 36.8 Å². The van der Waals surface area contributed by atoms with Gasteiger partial charge in [0.25, 0.3) is 0 Å². The first-order valence-corrected chi connectivity index (χ1v) is 13.5. The number of aliphatic hydroxyl groups is 2. The summed E-state index contributed by atoms with van der Waals surface area (Å²) in [5.41, 5.74) is 2.57. The van der Waals surface area contributed by atoms with Crippen molar-refractivity contribution >= 4 is 0 Å². The molecule has 1 spiro atoms. The van der Waals surface area contributed by atoms with Crippen LogP contribution in [0, 0.1) is 22.7 Å². The molecule has 0 bridgehead atoms. The van der Waals surface area contributed by atoms with Crippen molar-refractivity contribution < 1.29 is 38.6 Å². The molecular weight excluding hydrogens is 464 g/mol. The van der Waals surface area contributed by atoms with Gasteiger partial charge in [-0.05, 0) is 62.0 Å². The zero-order valence-electron chi connectivity index (χ0n) is 21.5. The molecule has 0 aromatic heterocycles. The van der Waals surface area contributed by atoms with Crippen molar-refractivity contribution in [1.82, 2.24) is 0 Å². The van der Waals surface area contributed by atoms with E-state index in [2.05, 4.69) is 32.1 Å². The van der Waals surface area contributed by atoms with Gasteiger partial charge >= 0.3 is 0 Å². The Kier molecular flexibility index (Phi) is 5.22. The van der Waals surface area contributed by atoms with Crippen molar-refractivity contribution in [3.8, 4) is 0 Å². The average molecular weight is 503 g/mol. The van der Waals surface area contributed by atoms with Crippen LogP contribution in [0.4, 0.5) is 0 Å². The fraction of sp³-hybridized carbons (Fsp3) is 0.786. The van der Waals surface area contributed by atoms with Crippen LogP contribution in [0.15, 0.2) is 35.1 Å². The molecule has 0 radical (unpaired) electrons. The smallest absolute Gasteiger partial charge is 0.187 e. The van der Waals surface area contributed by atoms with Crippen molar-refractivity contribution in [3.63, 3.8) is 0 Å². The number of aliphatic hydroxyl groups excluding tert-OH is 2. The Morgan fingerprint density at radius 1 is 1.06 bits per heavy atom. The summed E-state index contributed by atoms with van der Waals surface area (Å²) in [6, 6.07) is 0. The second kappa shape index (κ2) is 7.88. The van der Waals surface area contributed by atoms with Gasteiger partial charge < -0.3 is 38.6 Å².